The second-order valence-corrected chi connectivity index (χ2v) is 8.31. The van der Waals surface area contributed by atoms with E-state index in [-0.39, 0.29) is 22.4 Å². The van der Waals surface area contributed by atoms with Crippen molar-refractivity contribution in [1.29, 1.82) is 0 Å². The van der Waals surface area contributed by atoms with Gasteiger partial charge in [0.1, 0.15) is 0 Å². The van der Waals surface area contributed by atoms with Gasteiger partial charge in [-0.15, -0.1) is 0 Å². The van der Waals surface area contributed by atoms with Crippen LogP contribution in [-0.4, -0.2) is 37.5 Å². The van der Waals surface area contributed by atoms with E-state index in [1.54, 1.807) is 41.9 Å². The molecule has 3 aromatic rings. The van der Waals surface area contributed by atoms with Gasteiger partial charge in [-0.1, -0.05) is 49.0 Å². The maximum Gasteiger partial charge on any atom is 0.280 e. The smallest absolute Gasteiger partial charge is 0.280 e. The van der Waals surface area contributed by atoms with Crippen molar-refractivity contribution < 1.29 is 4.79 Å². The van der Waals surface area contributed by atoms with Crippen LogP contribution in [0.2, 0.25) is 0 Å². The fourth-order valence-electron chi connectivity index (χ4n) is 3.27. The van der Waals surface area contributed by atoms with Crippen molar-refractivity contribution in [1.82, 2.24) is 14.7 Å². The van der Waals surface area contributed by atoms with Crippen molar-refractivity contribution in [2.45, 2.75) is 19.1 Å². The summed E-state index contributed by atoms with van der Waals surface area (Å²) in [5.41, 5.74) is 1.98. The molecule has 0 bridgehead atoms. The zero-order valence-corrected chi connectivity index (χ0v) is 16.7. The number of aryl methyl sites for hydroxylation is 2. The van der Waals surface area contributed by atoms with Crippen molar-refractivity contribution >= 4 is 39.3 Å². The number of carbonyl (C=O) groups is 1. The lowest BCUT2D eigenvalue weighted by atomic mass is 10.1. The van der Waals surface area contributed by atoms with Gasteiger partial charge in [0.25, 0.3) is 11.5 Å². The number of hydrogen-bond acceptors (Lipinski definition) is 5. The van der Waals surface area contributed by atoms with E-state index in [4.69, 9.17) is 4.99 Å². The molecule has 1 fully saturated rings. The Balaban J connectivity index is 1.80. The molecule has 1 aliphatic heterocycles. The average molecular weight is 392 g/mol. The molecular weight excluding hydrogens is 372 g/mol. The van der Waals surface area contributed by atoms with Crippen LogP contribution in [0.4, 0.5) is 5.69 Å². The first kappa shape index (κ1) is 18.4. The molecule has 1 aliphatic rings. The molecule has 7 heteroatoms. The largest absolute Gasteiger partial charge is 0.285 e. The summed E-state index contributed by atoms with van der Waals surface area (Å²) in [5, 5.41) is 6.21. The highest BCUT2D eigenvalue weighted by atomic mass is 32.2. The van der Waals surface area contributed by atoms with Gasteiger partial charge in [0, 0.05) is 24.2 Å². The van der Waals surface area contributed by atoms with Crippen LogP contribution in [0.1, 0.15) is 23.0 Å². The lowest BCUT2D eigenvalue weighted by Gasteiger charge is -2.17. The summed E-state index contributed by atoms with van der Waals surface area (Å²) in [7, 11) is 1.56. The maximum absolute atomic E-state index is 13.4. The second kappa shape index (κ2) is 7.24. The number of aliphatic imine (C=N–C) groups is 1. The zero-order valence-electron chi connectivity index (χ0n) is 15.9. The number of rotatable bonds is 2. The van der Waals surface area contributed by atoms with Crippen LogP contribution >= 0.6 is 11.8 Å². The predicted molar refractivity (Wildman–Crippen MR) is 113 cm³/mol. The summed E-state index contributed by atoms with van der Waals surface area (Å²) in [4.78, 5) is 32.1. The molecule has 28 heavy (non-hydrogen) atoms. The second-order valence-electron chi connectivity index (χ2n) is 6.90. The van der Waals surface area contributed by atoms with E-state index >= 15 is 0 Å². The molecule has 2 heterocycles. The zero-order chi connectivity index (χ0) is 19.8. The van der Waals surface area contributed by atoms with Crippen LogP contribution < -0.4 is 5.56 Å². The van der Waals surface area contributed by atoms with Gasteiger partial charge in [-0.25, -0.2) is 9.67 Å². The Kier molecular flexibility index (Phi) is 4.77. The number of carbonyl (C=O) groups excluding carboxylic acids is 1. The standard InChI is InChI=1S/C21H20N4O2S/c1-13-7-6-8-15(11-13)22-21-25(12-14(2)28-21)20(27)18-16-9-4-5-10-17(16)19(26)24(3)23-18/h4-11,14H,12H2,1-3H3/t14-/m0/s1. The lowest BCUT2D eigenvalue weighted by Crippen LogP contribution is -2.35. The molecule has 0 aliphatic carbocycles. The highest BCUT2D eigenvalue weighted by Gasteiger charge is 2.33. The van der Waals surface area contributed by atoms with E-state index in [9.17, 15) is 9.59 Å². The molecule has 1 aromatic heterocycles. The molecule has 0 N–H and O–H groups in total. The summed E-state index contributed by atoms with van der Waals surface area (Å²) in [5.74, 6) is -0.241. The first-order valence-electron chi connectivity index (χ1n) is 9.04. The highest BCUT2D eigenvalue weighted by molar-refractivity contribution is 8.14. The molecular formula is C21H20N4O2S. The van der Waals surface area contributed by atoms with E-state index in [0.29, 0.717) is 22.5 Å². The van der Waals surface area contributed by atoms with Gasteiger partial charge in [0.2, 0.25) is 0 Å². The topological polar surface area (TPSA) is 67.6 Å². The maximum atomic E-state index is 13.4. The van der Waals surface area contributed by atoms with E-state index in [0.717, 1.165) is 11.3 Å². The van der Waals surface area contributed by atoms with Crippen molar-refractivity contribution in [3.05, 3.63) is 70.1 Å². The van der Waals surface area contributed by atoms with Crippen LogP contribution in [0, 0.1) is 6.92 Å². The number of amidine groups is 1. The molecule has 1 amide bonds. The van der Waals surface area contributed by atoms with Crippen LogP contribution in [0.3, 0.4) is 0 Å². The van der Waals surface area contributed by atoms with Gasteiger partial charge < -0.3 is 0 Å². The fourth-order valence-corrected chi connectivity index (χ4v) is 4.29. The van der Waals surface area contributed by atoms with Gasteiger partial charge in [-0.05, 0) is 30.7 Å². The number of benzene rings is 2. The molecule has 0 saturated carbocycles. The minimum Gasteiger partial charge on any atom is -0.285 e. The SMILES string of the molecule is Cc1cccc(N=C2S[C@@H](C)CN2C(=O)c2nn(C)c(=O)c3ccccc23)c1. The van der Waals surface area contributed by atoms with E-state index < -0.39 is 0 Å². The number of fused-ring (bicyclic) bond motifs is 1. The van der Waals surface area contributed by atoms with Gasteiger partial charge in [-0.3, -0.25) is 14.5 Å². The summed E-state index contributed by atoms with van der Waals surface area (Å²) >= 11 is 1.57. The van der Waals surface area contributed by atoms with Gasteiger partial charge in [0.15, 0.2) is 10.9 Å². The summed E-state index contributed by atoms with van der Waals surface area (Å²) in [6.45, 7) is 4.63. The minimum atomic E-state index is -0.241. The monoisotopic (exact) mass is 392 g/mol. The van der Waals surface area contributed by atoms with Crippen molar-refractivity contribution in [2.75, 3.05) is 6.54 Å². The number of thioether (sulfide) groups is 1. The quantitative estimate of drug-likeness (QED) is 0.669. The van der Waals surface area contributed by atoms with Gasteiger partial charge in [-0.2, -0.15) is 5.10 Å². The minimum absolute atomic E-state index is 0.218. The van der Waals surface area contributed by atoms with E-state index in [1.807, 2.05) is 37.3 Å². The summed E-state index contributed by atoms with van der Waals surface area (Å²) < 4.78 is 1.22. The molecule has 142 valence electrons. The molecule has 2 aromatic carbocycles. The third kappa shape index (κ3) is 3.33. The summed E-state index contributed by atoms with van der Waals surface area (Å²) in [6, 6.07) is 15.0. The first-order chi connectivity index (χ1) is 13.4. The Morgan fingerprint density at radius 1 is 1.18 bits per heavy atom. The lowest BCUT2D eigenvalue weighted by molar-refractivity contribution is 0.0849. The fraction of sp³-hybridized carbons (Fsp3) is 0.238. The molecule has 1 saturated heterocycles. The number of nitrogens with zero attached hydrogens (tertiary/aromatic N) is 4. The highest BCUT2D eigenvalue weighted by Crippen LogP contribution is 2.30. The number of amides is 1. The Labute approximate surface area is 166 Å². The molecule has 0 unspecified atom stereocenters. The van der Waals surface area contributed by atoms with E-state index in [2.05, 4.69) is 12.0 Å². The van der Waals surface area contributed by atoms with Crippen molar-refractivity contribution in [3.63, 3.8) is 0 Å². The predicted octanol–water partition coefficient (Wildman–Crippen LogP) is 3.51. The normalized spacial score (nSPS) is 18.2. The Morgan fingerprint density at radius 3 is 2.68 bits per heavy atom. The van der Waals surface area contributed by atoms with Gasteiger partial charge in [0.05, 0.1) is 11.1 Å². The van der Waals surface area contributed by atoms with Gasteiger partial charge >= 0.3 is 0 Å². The number of hydrogen-bond donors (Lipinski definition) is 0. The van der Waals surface area contributed by atoms with Crippen molar-refractivity contribution in [3.8, 4) is 0 Å². The molecule has 4 rings (SSSR count). The molecule has 0 spiro atoms. The van der Waals surface area contributed by atoms with Crippen LogP contribution in [-0.2, 0) is 7.05 Å². The van der Waals surface area contributed by atoms with Crippen molar-refractivity contribution in [2.24, 2.45) is 12.0 Å². The first-order valence-corrected chi connectivity index (χ1v) is 9.92. The third-order valence-electron chi connectivity index (χ3n) is 4.61. The Morgan fingerprint density at radius 2 is 1.93 bits per heavy atom. The summed E-state index contributed by atoms with van der Waals surface area (Å²) in [6.07, 6.45) is 0. The number of aromatic nitrogens is 2. The van der Waals surface area contributed by atoms with Crippen LogP contribution in [0.25, 0.3) is 10.8 Å². The molecule has 6 nitrogen and oxygen atoms in total. The third-order valence-corrected chi connectivity index (χ3v) is 5.68. The average Bonchev–Trinajstić information content (AvgIpc) is 3.04. The Hall–Kier alpha value is -2.93. The van der Waals surface area contributed by atoms with Crippen LogP contribution in [0.5, 0.6) is 0 Å². The van der Waals surface area contributed by atoms with Crippen LogP contribution in [0.15, 0.2) is 58.3 Å². The Bertz CT molecular complexity index is 1170. The molecule has 1 atom stereocenters. The van der Waals surface area contributed by atoms with E-state index in [1.165, 1.54) is 4.68 Å². The molecule has 0 radical (unpaired) electrons.